The first-order valence-electron chi connectivity index (χ1n) is 9.03. The van der Waals surface area contributed by atoms with E-state index >= 15 is 0 Å². The molecule has 0 radical (unpaired) electrons. The van der Waals surface area contributed by atoms with Crippen LogP contribution in [0.3, 0.4) is 0 Å². The summed E-state index contributed by atoms with van der Waals surface area (Å²) in [5.74, 6) is 0.180. The standard InChI is InChI=1S/C21H25N3O2/c1-6-24(12-16-10-8-7-9-14(16)4)21(25)17-11-18(13(2)3)22-20-19(17)15(5)23-26-20/h7-11,13H,6,12H2,1-5H3. The van der Waals surface area contributed by atoms with Crippen molar-refractivity contribution in [2.24, 2.45) is 0 Å². The molecule has 1 amide bonds. The first-order chi connectivity index (χ1) is 12.4. The molecule has 0 fully saturated rings. The van der Waals surface area contributed by atoms with Crippen LogP contribution in [0.15, 0.2) is 34.9 Å². The lowest BCUT2D eigenvalue weighted by Gasteiger charge is -2.23. The van der Waals surface area contributed by atoms with Crippen LogP contribution in [0.5, 0.6) is 0 Å². The quantitative estimate of drug-likeness (QED) is 0.673. The lowest BCUT2D eigenvalue weighted by Crippen LogP contribution is -2.31. The molecule has 0 N–H and O–H groups in total. The van der Waals surface area contributed by atoms with Crippen molar-refractivity contribution in [2.75, 3.05) is 6.54 Å². The predicted molar refractivity (Wildman–Crippen MR) is 102 cm³/mol. The van der Waals surface area contributed by atoms with Gasteiger partial charge in [-0.05, 0) is 43.9 Å². The molecule has 3 rings (SSSR count). The van der Waals surface area contributed by atoms with Crippen molar-refractivity contribution in [3.8, 4) is 0 Å². The van der Waals surface area contributed by atoms with Gasteiger partial charge in [0.25, 0.3) is 11.6 Å². The third-order valence-electron chi connectivity index (χ3n) is 4.75. The van der Waals surface area contributed by atoms with Crippen LogP contribution in [-0.2, 0) is 6.54 Å². The molecule has 0 saturated carbocycles. The van der Waals surface area contributed by atoms with Crippen LogP contribution in [0.4, 0.5) is 0 Å². The highest BCUT2D eigenvalue weighted by Gasteiger charge is 2.23. The third-order valence-corrected chi connectivity index (χ3v) is 4.75. The minimum atomic E-state index is -0.0173. The Morgan fingerprint density at radius 1 is 1.23 bits per heavy atom. The second kappa shape index (κ2) is 7.28. The third kappa shape index (κ3) is 3.34. The Hall–Kier alpha value is -2.69. The zero-order valence-corrected chi connectivity index (χ0v) is 16.0. The molecule has 26 heavy (non-hydrogen) atoms. The lowest BCUT2D eigenvalue weighted by molar-refractivity contribution is 0.0754. The number of hydrogen-bond acceptors (Lipinski definition) is 4. The molecule has 3 aromatic rings. The molecule has 0 unspecified atom stereocenters. The van der Waals surface area contributed by atoms with E-state index in [4.69, 9.17) is 4.52 Å². The number of nitrogens with zero attached hydrogens (tertiary/aromatic N) is 3. The first kappa shape index (κ1) is 18.1. The molecule has 0 aliphatic heterocycles. The van der Waals surface area contributed by atoms with E-state index in [1.807, 2.05) is 36.9 Å². The number of aryl methyl sites for hydroxylation is 2. The maximum Gasteiger partial charge on any atom is 0.259 e. The molecular weight excluding hydrogens is 326 g/mol. The number of carbonyl (C=O) groups is 1. The van der Waals surface area contributed by atoms with Gasteiger partial charge < -0.3 is 9.42 Å². The highest BCUT2D eigenvalue weighted by molar-refractivity contribution is 6.06. The molecule has 0 atom stereocenters. The summed E-state index contributed by atoms with van der Waals surface area (Å²) in [5, 5.41) is 4.73. The average molecular weight is 351 g/mol. The second-order valence-corrected chi connectivity index (χ2v) is 6.94. The topological polar surface area (TPSA) is 59.2 Å². The van der Waals surface area contributed by atoms with Crippen molar-refractivity contribution in [3.63, 3.8) is 0 Å². The number of fused-ring (bicyclic) bond motifs is 1. The molecule has 0 saturated heterocycles. The summed E-state index contributed by atoms with van der Waals surface area (Å²) in [6.07, 6.45) is 0. The summed E-state index contributed by atoms with van der Waals surface area (Å²) in [4.78, 5) is 19.7. The van der Waals surface area contributed by atoms with Crippen molar-refractivity contribution in [3.05, 3.63) is 58.4 Å². The number of hydrogen-bond donors (Lipinski definition) is 0. The average Bonchev–Trinajstić information content (AvgIpc) is 3.01. The summed E-state index contributed by atoms with van der Waals surface area (Å²) in [7, 11) is 0. The first-order valence-corrected chi connectivity index (χ1v) is 9.03. The van der Waals surface area contributed by atoms with E-state index in [1.165, 1.54) is 5.56 Å². The highest BCUT2D eigenvalue weighted by atomic mass is 16.5. The van der Waals surface area contributed by atoms with Gasteiger partial charge in [-0.15, -0.1) is 0 Å². The Morgan fingerprint density at radius 2 is 1.96 bits per heavy atom. The summed E-state index contributed by atoms with van der Waals surface area (Å²) >= 11 is 0. The van der Waals surface area contributed by atoms with Gasteiger partial charge in [0.2, 0.25) is 0 Å². The summed E-state index contributed by atoms with van der Waals surface area (Å²) in [6.45, 7) is 11.2. The van der Waals surface area contributed by atoms with Gasteiger partial charge in [0.1, 0.15) is 0 Å². The Kier molecular flexibility index (Phi) is 5.07. The monoisotopic (exact) mass is 351 g/mol. The Bertz CT molecular complexity index is 944. The van der Waals surface area contributed by atoms with Gasteiger partial charge in [0, 0.05) is 18.8 Å². The number of benzene rings is 1. The molecular formula is C21H25N3O2. The summed E-state index contributed by atoms with van der Waals surface area (Å²) in [5.41, 5.74) is 4.92. The van der Waals surface area contributed by atoms with Crippen molar-refractivity contribution in [2.45, 2.75) is 47.1 Å². The number of carbonyl (C=O) groups excluding carboxylic acids is 1. The molecule has 0 bridgehead atoms. The fraction of sp³-hybridized carbons (Fsp3) is 0.381. The molecule has 1 aromatic carbocycles. The van der Waals surface area contributed by atoms with Crippen LogP contribution in [0.1, 0.15) is 59.6 Å². The Balaban J connectivity index is 2.04. The Labute approximate surface area is 154 Å². The summed E-state index contributed by atoms with van der Waals surface area (Å²) < 4.78 is 5.35. The van der Waals surface area contributed by atoms with E-state index < -0.39 is 0 Å². The minimum absolute atomic E-state index is 0.0173. The molecule has 5 nitrogen and oxygen atoms in total. The number of amides is 1. The van der Waals surface area contributed by atoms with Gasteiger partial charge in [-0.25, -0.2) is 4.98 Å². The van der Waals surface area contributed by atoms with Gasteiger partial charge in [-0.1, -0.05) is 43.3 Å². The zero-order chi connectivity index (χ0) is 18.8. The Morgan fingerprint density at radius 3 is 2.62 bits per heavy atom. The SMILES string of the molecule is CCN(Cc1ccccc1C)C(=O)c1cc(C(C)C)nc2onc(C)c12. The minimum Gasteiger partial charge on any atom is -0.336 e. The molecule has 2 aromatic heterocycles. The van der Waals surface area contributed by atoms with E-state index in [2.05, 4.69) is 43.0 Å². The van der Waals surface area contributed by atoms with E-state index in [0.717, 1.165) is 11.3 Å². The van der Waals surface area contributed by atoms with Crippen LogP contribution in [0.2, 0.25) is 0 Å². The van der Waals surface area contributed by atoms with Crippen LogP contribution in [0.25, 0.3) is 11.1 Å². The van der Waals surface area contributed by atoms with Crippen molar-refractivity contribution >= 4 is 17.0 Å². The normalized spacial score (nSPS) is 11.3. The maximum absolute atomic E-state index is 13.4. The van der Waals surface area contributed by atoms with Gasteiger partial charge in [0.15, 0.2) is 0 Å². The van der Waals surface area contributed by atoms with Crippen LogP contribution in [-0.4, -0.2) is 27.5 Å². The van der Waals surface area contributed by atoms with Crippen LogP contribution < -0.4 is 0 Å². The number of aromatic nitrogens is 2. The van der Waals surface area contributed by atoms with E-state index in [-0.39, 0.29) is 11.8 Å². The smallest absolute Gasteiger partial charge is 0.259 e. The second-order valence-electron chi connectivity index (χ2n) is 6.94. The fourth-order valence-corrected chi connectivity index (χ4v) is 3.07. The molecule has 0 aliphatic carbocycles. The van der Waals surface area contributed by atoms with Gasteiger partial charge in [-0.3, -0.25) is 4.79 Å². The van der Waals surface area contributed by atoms with E-state index in [0.29, 0.717) is 35.4 Å². The molecule has 5 heteroatoms. The van der Waals surface area contributed by atoms with Crippen molar-refractivity contribution in [1.29, 1.82) is 0 Å². The predicted octanol–water partition coefficient (Wildman–Crippen LogP) is 4.63. The summed E-state index contributed by atoms with van der Waals surface area (Å²) in [6, 6.07) is 10.0. The van der Waals surface area contributed by atoms with Gasteiger partial charge in [-0.2, -0.15) is 0 Å². The molecule has 0 spiro atoms. The molecule has 136 valence electrons. The lowest BCUT2D eigenvalue weighted by atomic mass is 10.0. The molecule has 0 aliphatic rings. The maximum atomic E-state index is 13.4. The number of pyridine rings is 1. The van der Waals surface area contributed by atoms with E-state index in [1.54, 1.807) is 0 Å². The van der Waals surface area contributed by atoms with Crippen LogP contribution >= 0.6 is 0 Å². The van der Waals surface area contributed by atoms with Crippen molar-refractivity contribution < 1.29 is 9.32 Å². The number of rotatable bonds is 5. The molecule has 2 heterocycles. The van der Waals surface area contributed by atoms with Gasteiger partial charge >= 0.3 is 0 Å². The largest absolute Gasteiger partial charge is 0.336 e. The highest BCUT2D eigenvalue weighted by Crippen LogP contribution is 2.26. The fourth-order valence-electron chi connectivity index (χ4n) is 3.07. The van der Waals surface area contributed by atoms with Gasteiger partial charge in [0.05, 0.1) is 16.6 Å². The van der Waals surface area contributed by atoms with Crippen LogP contribution in [0, 0.1) is 13.8 Å². The van der Waals surface area contributed by atoms with E-state index in [9.17, 15) is 4.79 Å². The van der Waals surface area contributed by atoms with Crippen molar-refractivity contribution in [1.82, 2.24) is 15.0 Å². The zero-order valence-electron chi connectivity index (χ0n) is 16.0.